The average molecular weight is 880 g/mol. The largest absolute Gasteiger partial charge is 0.497 e. The summed E-state index contributed by atoms with van der Waals surface area (Å²) in [6, 6.07) is 33.6. The molecule has 0 spiro atoms. The van der Waals surface area contributed by atoms with Crippen molar-refractivity contribution in [1.82, 2.24) is 9.55 Å². The molecule has 0 saturated carbocycles. The van der Waals surface area contributed by atoms with Crippen LogP contribution in [-0.2, 0) is 32.0 Å². The molecule has 13 heteroatoms. The first kappa shape index (κ1) is 47.5. The number of methoxy groups -OCH3 is 3. The van der Waals surface area contributed by atoms with Crippen molar-refractivity contribution in [3.63, 3.8) is 0 Å². The van der Waals surface area contributed by atoms with Crippen molar-refractivity contribution in [2.45, 2.75) is 100 Å². The summed E-state index contributed by atoms with van der Waals surface area (Å²) in [7, 11) is 1.84. The molecule has 1 aromatic heterocycles. The summed E-state index contributed by atoms with van der Waals surface area (Å²) in [6.45, 7) is 13.3. The molecule has 0 amide bonds. The zero-order chi connectivity index (χ0) is 45.6. The summed E-state index contributed by atoms with van der Waals surface area (Å²) >= 11 is 0. The second-order valence-electron chi connectivity index (χ2n) is 18.2. The second-order valence-corrected chi connectivity index (χ2v) is 23.8. The van der Waals surface area contributed by atoms with E-state index in [1.807, 2.05) is 91.0 Å². The maximum Gasteiger partial charge on any atom is 0.330 e. The van der Waals surface area contributed by atoms with E-state index in [0.717, 1.165) is 28.7 Å². The van der Waals surface area contributed by atoms with Gasteiger partial charge in [-0.1, -0.05) is 101 Å². The van der Waals surface area contributed by atoms with E-state index in [2.05, 4.69) is 51.0 Å². The highest BCUT2D eigenvalue weighted by atomic mass is 28.3. The minimum Gasteiger partial charge on any atom is -0.497 e. The molecule has 0 aliphatic carbocycles. The van der Waals surface area contributed by atoms with E-state index in [1.54, 1.807) is 28.3 Å². The number of benzene rings is 4. The minimum absolute atomic E-state index is 0.0431. The zero-order valence-electron chi connectivity index (χ0n) is 38.2. The Hall–Kier alpha value is -5.02. The van der Waals surface area contributed by atoms with Crippen LogP contribution in [0.15, 0.2) is 119 Å². The first-order chi connectivity index (χ1) is 30.0. The van der Waals surface area contributed by atoms with Gasteiger partial charge in [0.25, 0.3) is 5.56 Å². The van der Waals surface area contributed by atoms with Gasteiger partial charge in [0, 0.05) is 24.8 Å². The predicted molar refractivity (Wildman–Crippen MR) is 249 cm³/mol. The third kappa shape index (κ3) is 9.18. The number of aryl methyl sites for hydroxylation is 1. The number of aliphatic hydroxyl groups is 1. The van der Waals surface area contributed by atoms with Gasteiger partial charge in [-0.15, -0.1) is 0 Å². The highest BCUT2D eigenvalue weighted by Gasteiger charge is 2.70. The summed E-state index contributed by atoms with van der Waals surface area (Å²) < 4.78 is 40.1. The van der Waals surface area contributed by atoms with Crippen LogP contribution in [0, 0.1) is 6.92 Å². The normalized spacial score (nSPS) is 19.8. The molecule has 338 valence electrons. The third-order valence-corrected chi connectivity index (χ3v) is 19.9. The van der Waals surface area contributed by atoms with Crippen LogP contribution in [0.5, 0.6) is 17.2 Å². The smallest absolute Gasteiger partial charge is 0.330 e. The lowest BCUT2D eigenvalue weighted by atomic mass is 9.63. The van der Waals surface area contributed by atoms with Gasteiger partial charge in [0.2, 0.25) is 0 Å². The van der Waals surface area contributed by atoms with Crippen molar-refractivity contribution in [2.24, 2.45) is 5.73 Å². The van der Waals surface area contributed by atoms with E-state index >= 15 is 0 Å². The number of nitrogens with one attached hydrogen (secondary N) is 1. The Balaban J connectivity index is 1.75. The van der Waals surface area contributed by atoms with Crippen LogP contribution >= 0.6 is 0 Å². The van der Waals surface area contributed by atoms with E-state index in [1.165, 1.54) is 10.8 Å². The topological polar surface area (TPSA) is 156 Å². The van der Waals surface area contributed by atoms with Gasteiger partial charge in [-0.25, -0.2) is 4.79 Å². The number of unbranched alkanes of at least 4 members (excludes halogenated alkanes) is 1. The Kier molecular flexibility index (Phi) is 14.6. The fourth-order valence-electron chi connectivity index (χ4n) is 8.97. The zero-order valence-corrected chi connectivity index (χ0v) is 39.2. The number of hydrogen-bond donors (Lipinski definition) is 3. The second kappa shape index (κ2) is 19.4. The fourth-order valence-corrected chi connectivity index (χ4v) is 11.9. The van der Waals surface area contributed by atoms with Crippen LogP contribution in [0.1, 0.15) is 67.9 Å². The number of nitrogens with two attached hydrogens (primary N) is 1. The average Bonchev–Trinajstić information content (AvgIpc) is 3.60. The lowest BCUT2D eigenvalue weighted by molar-refractivity contribution is -0.191. The van der Waals surface area contributed by atoms with Gasteiger partial charge in [-0.2, -0.15) is 0 Å². The Morgan fingerprint density at radius 2 is 1.43 bits per heavy atom. The van der Waals surface area contributed by atoms with Crippen LogP contribution in [0.25, 0.3) is 0 Å². The molecule has 6 rings (SSSR count). The predicted octanol–water partition coefficient (Wildman–Crippen LogP) is 7.47. The van der Waals surface area contributed by atoms with E-state index in [-0.39, 0.29) is 19.6 Å². The molecule has 5 aromatic rings. The molecule has 1 unspecified atom stereocenters. The van der Waals surface area contributed by atoms with Crippen molar-refractivity contribution in [3.05, 3.63) is 158 Å². The Labute approximate surface area is 372 Å². The molecular weight excluding hydrogens is 815 g/mol. The molecule has 2 heterocycles. The molecule has 4 N–H and O–H groups in total. The van der Waals surface area contributed by atoms with E-state index in [4.69, 9.17) is 34.2 Å². The quantitative estimate of drug-likeness (QED) is 0.0432. The Morgan fingerprint density at radius 3 is 1.98 bits per heavy atom. The van der Waals surface area contributed by atoms with Crippen LogP contribution < -0.4 is 31.2 Å². The van der Waals surface area contributed by atoms with E-state index in [0.29, 0.717) is 42.4 Å². The van der Waals surface area contributed by atoms with Gasteiger partial charge in [0.1, 0.15) is 29.5 Å². The highest BCUT2D eigenvalue weighted by molar-refractivity contribution is 6.83. The fraction of sp³-hybridized carbons (Fsp3) is 0.440. The Morgan fingerprint density at radius 1 is 0.841 bits per heavy atom. The number of nitrogens with zero attached hydrogens (tertiary/aromatic N) is 1. The molecule has 1 fully saturated rings. The molecule has 1 saturated heterocycles. The van der Waals surface area contributed by atoms with Gasteiger partial charge >= 0.3 is 5.69 Å². The summed E-state index contributed by atoms with van der Waals surface area (Å²) in [4.78, 5) is 29.7. The lowest BCUT2D eigenvalue weighted by Crippen LogP contribution is -2.68. The molecule has 4 atom stereocenters. The van der Waals surface area contributed by atoms with E-state index in [9.17, 15) is 14.7 Å². The van der Waals surface area contributed by atoms with Crippen molar-refractivity contribution < 1.29 is 33.5 Å². The molecule has 12 nitrogen and oxygen atoms in total. The summed E-state index contributed by atoms with van der Waals surface area (Å²) in [6.07, 6.45) is 0.735. The first-order valence-corrected chi connectivity index (χ1v) is 24.6. The Bertz CT molecular complexity index is 2350. The van der Waals surface area contributed by atoms with Crippen molar-refractivity contribution in [2.75, 3.05) is 41.1 Å². The van der Waals surface area contributed by atoms with Crippen molar-refractivity contribution in [3.8, 4) is 17.2 Å². The van der Waals surface area contributed by atoms with E-state index < -0.39 is 52.9 Å². The van der Waals surface area contributed by atoms with Crippen LogP contribution in [0.2, 0.25) is 18.1 Å². The van der Waals surface area contributed by atoms with Crippen molar-refractivity contribution >= 4 is 8.07 Å². The summed E-state index contributed by atoms with van der Waals surface area (Å²) in [5.74, 6) is 2.00. The molecule has 1 aliphatic heterocycles. The number of aromatic nitrogens is 2. The number of rotatable bonds is 19. The van der Waals surface area contributed by atoms with Crippen molar-refractivity contribution in [1.29, 1.82) is 0 Å². The molecule has 0 radical (unpaired) electrons. The van der Waals surface area contributed by atoms with Crippen LogP contribution in [0.4, 0.5) is 0 Å². The molecule has 1 aliphatic rings. The molecular formula is C50H65N3O9Si. The monoisotopic (exact) mass is 879 g/mol. The third-order valence-electron chi connectivity index (χ3n) is 13.5. The molecule has 0 bridgehead atoms. The van der Waals surface area contributed by atoms with Gasteiger partial charge in [0.05, 0.1) is 53.3 Å². The van der Waals surface area contributed by atoms with Gasteiger partial charge in [-0.3, -0.25) is 14.3 Å². The highest BCUT2D eigenvalue weighted by Crippen LogP contribution is 2.58. The number of H-pyrrole nitrogens is 1. The van der Waals surface area contributed by atoms with Gasteiger partial charge < -0.3 is 39.3 Å². The molecule has 63 heavy (non-hydrogen) atoms. The minimum atomic E-state index is -3.05. The number of aromatic amines is 1. The van der Waals surface area contributed by atoms with Crippen LogP contribution in [-0.4, -0.2) is 81.3 Å². The lowest BCUT2D eigenvalue weighted by Gasteiger charge is -2.53. The van der Waals surface area contributed by atoms with Gasteiger partial charge in [-0.05, 0) is 90.0 Å². The van der Waals surface area contributed by atoms with Gasteiger partial charge in [0.15, 0.2) is 5.72 Å². The standard InChI is InChI=1S/C50H65N3O9Si/c1-35-31-53(46(55)52-45(35)54)48(34-60-29-14-13-28-51)33-49(56,63(8,9)47(2,3)4)43(62-48)44(61-32-36-16-15-19-42(30-36)59-7)50(37-17-11-10-12-18-37,38-20-24-40(57-5)25-21-38)39-22-26-41(58-6)27-23-39/h10-12,15-27,30-31,43-44,56H,13-14,28-29,32-34,51H2,1-9H3,(H,52,54,55)/t43-,44?,48+,49-/m1/s1. The number of hydrogen-bond acceptors (Lipinski definition) is 10. The summed E-state index contributed by atoms with van der Waals surface area (Å²) in [5.41, 5.74) is 5.53. The van der Waals surface area contributed by atoms with Crippen LogP contribution in [0.3, 0.4) is 0 Å². The number of ether oxygens (including phenoxy) is 6. The first-order valence-electron chi connectivity index (χ1n) is 21.6. The maximum absolute atomic E-state index is 14.3. The summed E-state index contributed by atoms with van der Waals surface area (Å²) in [5, 5.41) is 12.3. The SMILES string of the molecule is COc1ccc(C(c2ccccc2)(c2ccc(OC)cc2)C(OCc2cccc(OC)c2)[C@H]2O[C@@](COCCCCN)(n3cc(C)c(=O)[nH]c3=O)C[C@@]2(O)[Si](C)(C)C(C)(C)C)cc1. The molecule has 4 aromatic carbocycles. The maximum atomic E-state index is 14.3.